The van der Waals surface area contributed by atoms with Crippen molar-refractivity contribution in [1.82, 2.24) is 20.0 Å². The Morgan fingerprint density at radius 1 is 1.24 bits per heavy atom. The van der Waals surface area contributed by atoms with Crippen LogP contribution in [-0.4, -0.2) is 42.9 Å². The second-order valence-electron chi connectivity index (χ2n) is 8.46. The lowest BCUT2D eigenvalue weighted by molar-refractivity contribution is 0.272. The minimum atomic E-state index is -4.14. The minimum Gasteiger partial charge on any atom is -0.324 e. The highest BCUT2D eigenvalue weighted by Crippen LogP contribution is 2.44. The van der Waals surface area contributed by atoms with E-state index < -0.39 is 20.7 Å². The van der Waals surface area contributed by atoms with E-state index in [1.165, 1.54) is 12.5 Å². The van der Waals surface area contributed by atoms with E-state index in [1.807, 2.05) is 18.1 Å². The number of halogens is 1. The van der Waals surface area contributed by atoms with Crippen LogP contribution in [0.1, 0.15) is 32.1 Å². The quantitative estimate of drug-likeness (QED) is 0.534. The van der Waals surface area contributed by atoms with Gasteiger partial charge < -0.3 is 5.32 Å². The summed E-state index contributed by atoms with van der Waals surface area (Å²) in [6.45, 7) is 0. The maximum absolute atomic E-state index is 14.3. The molecule has 10 nitrogen and oxygen atoms in total. The number of fused-ring (bicyclic) bond motifs is 4. The number of sulfonamides is 1. The summed E-state index contributed by atoms with van der Waals surface area (Å²) in [5, 5.41) is 10.8. The summed E-state index contributed by atoms with van der Waals surface area (Å²) >= 11 is 0. The molecule has 1 aliphatic carbocycles. The summed E-state index contributed by atoms with van der Waals surface area (Å²) in [4.78, 5) is 13.1. The number of aromatic nitrogens is 3. The van der Waals surface area contributed by atoms with Gasteiger partial charge in [-0.25, -0.2) is 22.9 Å². The number of hydrazine groups is 1. The summed E-state index contributed by atoms with van der Waals surface area (Å²) in [6.07, 6.45) is 6.99. The Hall–Kier alpha value is -3.25. The molecule has 174 valence electrons. The Balaban J connectivity index is 1.60. The van der Waals surface area contributed by atoms with Crippen molar-refractivity contribution in [3.8, 4) is 0 Å². The van der Waals surface area contributed by atoms with Crippen molar-refractivity contribution in [2.75, 3.05) is 24.4 Å². The largest absolute Gasteiger partial charge is 0.324 e. The number of rotatable bonds is 3. The predicted molar refractivity (Wildman–Crippen MR) is 125 cm³/mol. The molecular weight excluding hydrogens is 447 g/mol. The van der Waals surface area contributed by atoms with Crippen LogP contribution in [0.2, 0.25) is 0 Å². The number of hydrogen-bond acceptors (Lipinski definition) is 7. The number of nitrogens with two attached hydrogens (primary N) is 1. The second-order valence-corrected chi connectivity index (χ2v) is 9.99. The number of primary sulfonamides is 1. The molecule has 0 saturated heterocycles. The highest BCUT2D eigenvalue weighted by molar-refractivity contribution is 7.89. The monoisotopic (exact) mass is 472 g/mol. The predicted octanol–water partition coefficient (Wildman–Crippen LogP) is 2.60. The summed E-state index contributed by atoms with van der Waals surface area (Å²) in [5.74, 6) is 1.20. The van der Waals surface area contributed by atoms with Crippen LogP contribution in [0, 0.1) is 5.82 Å². The smallest absolute Gasteiger partial charge is 0.240 e. The van der Waals surface area contributed by atoms with Gasteiger partial charge in [-0.15, -0.1) is 0 Å². The third-order valence-corrected chi connectivity index (χ3v) is 7.35. The standard InChI is InChI=1S/C21H25FN8O2S/c1-24-19-21(8-4-3-5-9-21)30-17(29(2)28-19)10-13-12-25-20(27-18(13)30)26-14-6-7-16(15(22)11-14)33(23,31)32/h6-7,10-12H,3-5,8-9H2,1-2H3,(H,24,28)(H2,23,31,32)(H,25,26,27). The molecule has 12 heteroatoms. The van der Waals surface area contributed by atoms with Crippen LogP contribution in [0.5, 0.6) is 0 Å². The van der Waals surface area contributed by atoms with Crippen LogP contribution >= 0.6 is 0 Å². The van der Waals surface area contributed by atoms with Gasteiger partial charge in [-0.2, -0.15) is 4.98 Å². The molecule has 4 N–H and O–H groups in total. The molecule has 0 atom stereocenters. The van der Waals surface area contributed by atoms with Crippen LogP contribution < -0.4 is 20.9 Å². The highest BCUT2D eigenvalue weighted by Gasteiger charge is 2.45. The Morgan fingerprint density at radius 3 is 2.67 bits per heavy atom. The van der Waals surface area contributed by atoms with Gasteiger partial charge in [-0.05, 0) is 37.1 Å². The van der Waals surface area contributed by atoms with E-state index in [9.17, 15) is 12.8 Å². The van der Waals surface area contributed by atoms with E-state index >= 15 is 0 Å². The number of nitrogens with one attached hydrogen (secondary N) is 2. The first-order chi connectivity index (χ1) is 15.7. The summed E-state index contributed by atoms with van der Waals surface area (Å²) in [7, 11) is -0.408. The van der Waals surface area contributed by atoms with Gasteiger partial charge in [0.05, 0.1) is 0 Å². The normalized spacial score (nSPS) is 19.0. The topological polar surface area (TPSA) is 131 Å². The number of aliphatic imine (C=N–C) groups is 1. The summed E-state index contributed by atoms with van der Waals surface area (Å²) < 4.78 is 39.5. The van der Waals surface area contributed by atoms with Crippen molar-refractivity contribution in [2.24, 2.45) is 10.1 Å². The van der Waals surface area contributed by atoms with Crippen LogP contribution in [0.3, 0.4) is 0 Å². The maximum atomic E-state index is 14.3. The number of hydrogen-bond donors (Lipinski definition) is 3. The molecule has 1 aromatic carbocycles. The van der Waals surface area contributed by atoms with Crippen molar-refractivity contribution in [3.05, 3.63) is 36.3 Å². The van der Waals surface area contributed by atoms with Crippen molar-refractivity contribution >= 4 is 44.3 Å². The molecule has 1 fully saturated rings. The average Bonchev–Trinajstić information content (AvgIpc) is 3.16. The van der Waals surface area contributed by atoms with Crippen molar-refractivity contribution < 1.29 is 12.8 Å². The molecule has 3 aromatic rings. The average molecular weight is 473 g/mol. The Kier molecular flexibility index (Phi) is 5.01. The van der Waals surface area contributed by atoms with Crippen LogP contribution in [0.15, 0.2) is 40.4 Å². The van der Waals surface area contributed by atoms with Crippen molar-refractivity contribution in [2.45, 2.75) is 42.5 Å². The lowest BCUT2D eigenvalue weighted by atomic mass is 9.79. The van der Waals surface area contributed by atoms with Gasteiger partial charge in [0.15, 0.2) is 0 Å². The van der Waals surface area contributed by atoms with Crippen LogP contribution in [0.4, 0.5) is 21.8 Å². The van der Waals surface area contributed by atoms with E-state index in [4.69, 9.17) is 10.1 Å². The third-order valence-electron chi connectivity index (χ3n) is 6.41. The summed E-state index contributed by atoms with van der Waals surface area (Å²) in [6, 6.07) is 5.64. The molecule has 0 radical (unpaired) electrons. The molecule has 2 aromatic heterocycles. The van der Waals surface area contributed by atoms with Gasteiger partial charge in [0.25, 0.3) is 0 Å². The molecule has 33 heavy (non-hydrogen) atoms. The van der Waals surface area contributed by atoms with Gasteiger partial charge in [0.2, 0.25) is 16.0 Å². The first-order valence-electron chi connectivity index (χ1n) is 10.7. The SMILES string of the molecule is CN=C1NN(C)c2cc3cnc(Nc4ccc(S(N)(=O)=O)c(F)c4)nc3n2C12CCCCC2. The maximum Gasteiger partial charge on any atom is 0.240 e. The number of anilines is 3. The number of amidine groups is 1. The zero-order valence-corrected chi connectivity index (χ0v) is 19.2. The van der Waals surface area contributed by atoms with E-state index in [0.717, 1.165) is 60.5 Å². The van der Waals surface area contributed by atoms with E-state index in [2.05, 4.69) is 25.3 Å². The van der Waals surface area contributed by atoms with E-state index in [0.29, 0.717) is 5.69 Å². The fourth-order valence-corrected chi connectivity index (χ4v) is 5.51. The number of benzene rings is 1. The van der Waals surface area contributed by atoms with Crippen molar-refractivity contribution in [1.29, 1.82) is 0 Å². The third kappa shape index (κ3) is 3.49. The Labute approximate surface area is 190 Å². The Morgan fingerprint density at radius 2 is 2.00 bits per heavy atom. The first-order valence-corrected chi connectivity index (χ1v) is 12.2. The fourth-order valence-electron chi connectivity index (χ4n) is 4.92. The van der Waals surface area contributed by atoms with Gasteiger partial charge in [0, 0.05) is 31.4 Å². The van der Waals surface area contributed by atoms with Gasteiger partial charge in [-0.1, -0.05) is 19.3 Å². The molecule has 0 amide bonds. The van der Waals surface area contributed by atoms with Crippen LogP contribution in [-0.2, 0) is 15.6 Å². The zero-order chi connectivity index (χ0) is 23.4. The molecular formula is C21H25FN8O2S. The molecule has 1 saturated carbocycles. The minimum absolute atomic E-state index is 0.272. The van der Waals surface area contributed by atoms with E-state index in [1.54, 1.807) is 13.2 Å². The lowest BCUT2D eigenvalue weighted by Crippen LogP contribution is -2.59. The second kappa shape index (κ2) is 7.66. The van der Waals surface area contributed by atoms with Gasteiger partial charge in [0.1, 0.15) is 33.6 Å². The molecule has 3 heterocycles. The van der Waals surface area contributed by atoms with E-state index in [-0.39, 0.29) is 11.5 Å². The molecule has 0 bridgehead atoms. The molecule has 1 spiro atoms. The molecule has 0 unspecified atom stereocenters. The van der Waals surface area contributed by atoms with Gasteiger partial charge in [-0.3, -0.25) is 20.0 Å². The molecule has 5 rings (SSSR count). The zero-order valence-electron chi connectivity index (χ0n) is 18.3. The highest BCUT2D eigenvalue weighted by atomic mass is 32.2. The molecule has 1 aliphatic heterocycles. The van der Waals surface area contributed by atoms with Gasteiger partial charge >= 0.3 is 0 Å². The lowest BCUT2D eigenvalue weighted by Gasteiger charge is -2.47. The fraction of sp³-hybridized carbons (Fsp3) is 0.381. The Bertz CT molecular complexity index is 1380. The van der Waals surface area contributed by atoms with Crippen molar-refractivity contribution in [3.63, 3.8) is 0 Å². The first kappa shape index (κ1) is 21.6. The molecule has 2 aliphatic rings. The number of nitrogens with zero attached hydrogens (tertiary/aromatic N) is 5. The summed E-state index contributed by atoms with van der Waals surface area (Å²) in [5.41, 5.74) is 4.17. The van der Waals surface area contributed by atoms with Crippen LogP contribution in [0.25, 0.3) is 11.0 Å².